The monoisotopic (exact) mass is 431 g/mol. The van der Waals surface area contributed by atoms with Crippen molar-refractivity contribution in [3.8, 4) is 5.75 Å². The second-order valence-corrected chi connectivity index (χ2v) is 9.48. The van der Waals surface area contributed by atoms with Gasteiger partial charge in [-0.1, -0.05) is 6.92 Å². The number of rotatable bonds is 7. The lowest BCUT2D eigenvalue weighted by Gasteiger charge is -2.31. The maximum atomic E-state index is 12.8. The highest BCUT2D eigenvalue weighted by molar-refractivity contribution is 7.89. The van der Waals surface area contributed by atoms with Crippen LogP contribution in [0.25, 0.3) is 0 Å². The Labute approximate surface area is 178 Å². The number of likely N-dealkylation sites (N-methyl/N-ethyl adjacent to an activating group) is 1. The normalized spacial score (nSPS) is 16.8. The number of hydrogen-bond acceptors (Lipinski definition) is 5. The highest BCUT2D eigenvalue weighted by Crippen LogP contribution is 2.21. The third-order valence-corrected chi connectivity index (χ3v) is 7.15. The van der Waals surface area contributed by atoms with E-state index in [1.54, 1.807) is 36.4 Å². The second-order valence-electron chi connectivity index (χ2n) is 7.55. The fourth-order valence-electron chi connectivity index (χ4n) is 3.09. The van der Waals surface area contributed by atoms with E-state index in [1.165, 1.54) is 16.4 Å². The lowest BCUT2D eigenvalue weighted by Crippen LogP contribution is -2.46. The van der Waals surface area contributed by atoms with Gasteiger partial charge in [-0.05, 0) is 68.9 Å². The van der Waals surface area contributed by atoms with E-state index in [0.29, 0.717) is 37.4 Å². The molecule has 1 heterocycles. The van der Waals surface area contributed by atoms with Crippen molar-refractivity contribution in [1.29, 1.82) is 0 Å². The van der Waals surface area contributed by atoms with Crippen LogP contribution in [0, 0.1) is 0 Å². The molecule has 1 aliphatic rings. The molecule has 0 aliphatic carbocycles. The minimum Gasteiger partial charge on any atom is -0.491 e. The number of nitrogens with one attached hydrogen (secondary N) is 1. The molecule has 3 rings (SSSR count). The van der Waals surface area contributed by atoms with E-state index in [1.807, 2.05) is 20.9 Å². The van der Waals surface area contributed by atoms with Gasteiger partial charge >= 0.3 is 0 Å². The first kappa shape index (κ1) is 22.3. The number of piperazine rings is 1. The SMILES string of the molecule is CCC(C)Oc1ccc(C(=O)Nc2ccc(S(=O)(=O)N3CCN(C)CC3)cc2)cc1. The number of hydrogen-bond donors (Lipinski definition) is 1. The molecule has 1 unspecified atom stereocenters. The highest BCUT2D eigenvalue weighted by Gasteiger charge is 2.27. The summed E-state index contributed by atoms with van der Waals surface area (Å²) in [4.78, 5) is 14.8. The van der Waals surface area contributed by atoms with Crippen molar-refractivity contribution >= 4 is 21.6 Å². The Kier molecular flexibility index (Phi) is 7.12. The van der Waals surface area contributed by atoms with Crippen LogP contribution in [0.3, 0.4) is 0 Å². The minimum absolute atomic E-state index is 0.116. The quantitative estimate of drug-likeness (QED) is 0.729. The summed E-state index contributed by atoms with van der Waals surface area (Å²) in [6, 6.07) is 13.2. The Hall–Kier alpha value is -2.42. The summed E-state index contributed by atoms with van der Waals surface area (Å²) in [5, 5.41) is 2.80. The van der Waals surface area contributed by atoms with Crippen LogP contribution in [-0.2, 0) is 10.0 Å². The fraction of sp³-hybridized carbons (Fsp3) is 0.409. The highest BCUT2D eigenvalue weighted by atomic mass is 32.2. The van der Waals surface area contributed by atoms with Crippen LogP contribution in [0.4, 0.5) is 5.69 Å². The van der Waals surface area contributed by atoms with Gasteiger partial charge in [0, 0.05) is 37.4 Å². The van der Waals surface area contributed by atoms with Crippen molar-refractivity contribution in [2.24, 2.45) is 0 Å². The zero-order chi connectivity index (χ0) is 21.7. The molecule has 30 heavy (non-hydrogen) atoms. The van der Waals surface area contributed by atoms with Crippen LogP contribution in [-0.4, -0.2) is 62.9 Å². The van der Waals surface area contributed by atoms with Gasteiger partial charge in [-0.3, -0.25) is 4.79 Å². The molecular formula is C22H29N3O4S. The Morgan fingerprint density at radius 3 is 2.20 bits per heavy atom. The summed E-state index contributed by atoms with van der Waals surface area (Å²) >= 11 is 0. The summed E-state index contributed by atoms with van der Waals surface area (Å²) in [6.07, 6.45) is 1.02. The topological polar surface area (TPSA) is 78.9 Å². The molecule has 1 aliphatic heterocycles. The van der Waals surface area contributed by atoms with Crippen molar-refractivity contribution in [1.82, 2.24) is 9.21 Å². The van der Waals surface area contributed by atoms with Crippen LogP contribution in [0.5, 0.6) is 5.75 Å². The predicted octanol–water partition coefficient (Wildman–Crippen LogP) is 3.05. The molecule has 1 fully saturated rings. The van der Waals surface area contributed by atoms with Gasteiger partial charge in [0.2, 0.25) is 10.0 Å². The molecule has 0 bridgehead atoms. The standard InChI is InChI=1S/C22H29N3O4S/c1-4-17(2)29-20-9-5-18(6-10-20)22(26)23-19-7-11-21(12-8-19)30(27,28)25-15-13-24(3)14-16-25/h5-12,17H,4,13-16H2,1-3H3,(H,23,26). The van der Waals surface area contributed by atoms with Gasteiger partial charge < -0.3 is 15.0 Å². The van der Waals surface area contributed by atoms with E-state index in [0.717, 1.165) is 12.2 Å². The van der Waals surface area contributed by atoms with Gasteiger partial charge in [0.05, 0.1) is 11.0 Å². The first-order valence-corrected chi connectivity index (χ1v) is 11.6. The van der Waals surface area contributed by atoms with Crippen molar-refractivity contribution in [2.75, 3.05) is 38.5 Å². The Morgan fingerprint density at radius 1 is 1.03 bits per heavy atom. The van der Waals surface area contributed by atoms with Crippen LogP contribution < -0.4 is 10.1 Å². The molecule has 1 atom stereocenters. The van der Waals surface area contributed by atoms with Crippen molar-refractivity contribution in [2.45, 2.75) is 31.3 Å². The number of amides is 1. The first-order valence-electron chi connectivity index (χ1n) is 10.2. The molecule has 162 valence electrons. The summed E-state index contributed by atoms with van der Waals surface area (Å²) in [5.41, 5.74) is 1.04. The second kappa shape index (κ2) is 9.59. The van der Waals surface area contributed by atoms with Gasteiger partial charge in [-0.25, -0.2) is 8.42 Å². The Morgan fingerprint density at radius 2 is 1.63 bits per heavy atom. The van der Waals surface area contributed by atoms with E-state index in [-0.39, 0.29) is 16.9 Å². The summed E-state index contributed by atoms with van der Waals surface area (Å²) in [7, 11) is -1.54. The van der Waals surface area contributed by atoms with Crippen molar-refractivity contribution in [3.63, 3.8) is 0 Å². The molecule has 0 aromatic heterocycles. The Bertz CT molecular complexity index is 951. The molecule has 1 N–H and O–H groups in total. The molecule has 1 amide bonds. The third-order valence-electron chi connectivity index (χ3n) is 5.24. The lowest BCUT2D eigenvalue weighted by atomic mass is 10.2. The van der Waals surface area contributed by atoms with Crippen LogP contribution >= 0.6 is 0 Å². The minimum atomic E-state index is -3.52. The number of anilines is 1. The molecule has 0 saturated carbocycles. The molecule has 2 aromatic rings. The van der Waals surface area contributed by atoms with Crippen molar-refractivity contribution < 1.29 is 17.9 Å². The smallest absolute Gasteiger partial charge is 0.255 e. The van der Waals surface area contributed by atoms with Gasteiger partial charge in [-0.15, -0.1) is 0 Å². The van der Waals surface area contributed by atoms with E-state index in [4.69, 9.17) is 4.74 Å². The van der Waals surface area contributed by atoms with Gasteiger partial charge in [0.1, 0.15) is 5.75 Å². The number of benzene rings is 2. The fourth-order valence-corrected chi connectivity index (χ4v) is 4.51. The number of sulfonamides is 1. The zero-order valence-corrected chi connectivity index (χ0v) is 18.5. The Balaban J connectivity index is 1.63. The maximum Gasteiger partial charge on any atom is 0.255 e. The number of carbonyl (C=O) groups excluding carboxylic acids is 1. The van der Waals surface area contributed by atoms with Crippen LogP contribution in [0.2, 0.25) is 0 Å². The summed E-state index contributed by atoms with van der Waals surface area (Å²) in [5.74, 6) is 0.458. The largest absolute Gasteiger partial charge is 0.491 e. The van der Waals surface area contributed by atoms with E-state index >= 15 is 0 Å². The molecule has 2 aromatic carbocycles. The summed E-state index contributed by atoms with van der Waals surface area (Å²) < 4.78 is 32.8. The van der Waals surface area contributed by atoms with E-state index in [9.17, 15) is 13.2 Å². The molecule has 8 heteroatoms. The van der Waals surface area contributed by atoms with E-state index in [2.05, 4.69) is 10.2 Å². The third kappa shape index (κ3) is 5.38. The molecular weight excluding hydrogens is 402 g/mol. The maximum absolute atomic E-state index is 12.8. The van der Waals surface area contributed by atoms with Crippen LogP contribution in [0.15, 0.2) is 53.4 Å². The number of carbonyl (C=O) groups is 1. The van der Waals surface area contributed by atoms with Crippen LogP contribution in [0.1, 0.15) is 30.6 Å². The van der Waals surface area contributed by atoms with Gasteiger partial charge in [0.25, 0.3) is 5.91 Å². The molecule has 7 nitrogen and oxygen atoms in total. The number of ether oxygens (including phenoxy) is 1. The first-order chi connectivity index (χ1) is 14.3. The van der Waals surface area contributed by atoms with Gasteiger partial charge in [0.15, 0.2) is 0 Å². The van der Waals surface area contributed by atoms with Gasteiger partial charge in [-0.2, -0.15) is 4.31 Å². The summed E-state index contributed by atoms with van der Waals surface area (Å²) in [6.45, 7) is 6.44. The molecule has 0 spiro atoms. The average molecular weight is 432 g/mol. The number of nitrogens with zero attached hydrogens (tertiary/aromatic N) is 2. The molecule has 1 saturated heterocycles. The van der Waals surface area contributed by atoms with Crippen molar-refractivity contribution in [3.05, 3.63) is 54.1 Å². The zero-order valence-electron chi connectivity index (χ0n) is 17.7. The van der Waals surface area contributed by atoms with E-state index < -0.39 is 10.0 Å². The average Bonchev–Trinajstić information content (AvgIpc) is 2.75. The predicted molar refractivity (Wildman–Crippen MR) is 117 cm³/mol. The molecule has 0 radical (unpaired) electrons. The lowest BCUT2D eigenvalue weighted by molar-refractivity contribution is 0.102.